The average Bonchev–Trinajstić information content (AvgIpc) is 2.24. The van der Waals surface area contributed by atoms with E-state index in [-0.39, 0.29) is 12.5 Å². The number of nitrogens with zero attached hydrogens (tertiary/aromatic N) is 3. The maximum absolute atomic E-state index is 12.1. The first-order chi connectivity index (χ1) is 8.17. The first kappa shape index (κ1) is 14.3. The lowest BCUT2D eigenvalue weighted by molar-refractivity contribution is -0.144. The number of rotatable bonds is 2. The summed E-state index contributed by atoms with van der Waals surface area (Å²) in [5.41, 5.74) is -0.948. The van der Waals surface area contributed by atoms with Gasteiger partial charge in [0.2, 0.25) is 5.91 Å². The standard InChI is InChI=1S/C11H19N3O4/c1-11(2)9(17)12(3)5-6-14(11)10(18)13(4)7-8(15)16/h5-7H2,1-4H3,(H,15,16). The maximum Gasteiger partial charge on any atom is 0.323 e. The van der Waals surface area contributed by atoms with Crippen LogP contribution in [0.1, 0.15) is 13.8 Å². The largest absolute Gasteiger partial charge is 0.480 e. The van der Waals surface area contributed by atoms with Crippen molar-refractivity contribution in [3.05, 3.63) is 0 Å². The minimum atomic E-state index is -1.08. The number of hydrogen-bond acceptors (Lipinski definition) is 3. The third-order valence-corrected chi connectivity index (χ3v) is 3.13. The fourth-order valence-electron chi connectivity index (χ4n) is 2.02. The molecule has 0 aromatic carbocycles. The van der Waals surface area contributed by atoms with Gasteiger partial charge in [-0.15, -0.1) is 0 Å². The van der Waals surface area contributed by atoms with Crippen LogP contribution in [-0.4, -0.2) is 77.0 Å². The Bertz CT molecular complexity index is 380. The molecule has 1 fully saturated rings. The van der Waals surface area contributed by atoms with Crippen LogP contribution in [0.5, 0.6) is 0 Å². The van der Waals surface area contributed by atoms with Crippen LogP contribution in [-0.2, 0) is 9.59 Å². The second-order valence-corrected chi connectivity index (χ2v) is 4.97. The Morgan fingerprint density at radius 1 is 1.39 bits per heavy atom. The molecule has 0 radical (unpaired) electrons. The molecule has 0 aromatic rings. The van der Waals surface area contributed by atoms with Crippen molar-refractivity contribution in [2.24, 2.45) is 0 Å². The number of amides is 3. The van der Waals surface area contributed by atoms with E-state index in [1.807, 2.05) is 0 Å². The summed E-state index contributed by atoms with van der Waals surface area (Å²) in [7, 11) is 3.10. The Morgan fingerprint density at radius 3 is 2.44 bits per heavy atom. The smallest absolute Gasteiger partial charge is 0.323 e. The molecule has 1 aliphatic heterocycles. The Labute approximate surface area is 106 Å². The third kappa shape index (κ3) is 2.55. The molecule has 1 saturated heterocycles. The third-order valence-electron chi connectivity index (χ3n) is 3.13. The van der Waals surface area contributed by atoms with E-state index in [4.69, 9.17) is 5.11 Å². The maximum atomic E-state index is 12.1. The average molecular weight is 257 g/mol. The lowest BCUT2D eigenvalue weighted by Gasteiger charge is -2.45. The Hall–Kier alpha value is -1.79. The zero-order valence-electron chi connectivity index (χ0n) is 11.1. The summed E-state index contributed by atoms with van der Waals surface area (Å²) < 4.78 is 0. The molecule has 0 atom stereocenters. The molecule has 0 spiro atoms. The number of hydrogen-bond donors (Lipinski definition) is 1. The summed E-state index contributed by atoms with van der Waals surface area (Å²) in [6.45, 7) is 3.80. The molecule has 102 valence electrons. The molecule has 1 N–H and O–H groups in total. The molecule has 7 nitrogen and oxygen atoms in total. The van der Waals surface area contributed by atoms with Crippen LogP contribution in [0.4, 0.5) is 4.79 Å². The van der Waals surface area contributed by atoms with Crippen molar-refractivity contribution in [2.75, 3.05) is 33.7 Å². The predicted molar refractivity (Wildman–Crippen MR) is 64.1 cm³/mol. The van der Waals surface area contributed by atoms with Crippen LogP contribution in [0.15, 0.2) is 0 Å². The summed E-state index contributed by atoms with van der Waals surface area (Å²) in [4.78, 5) is 38.8. The zero-order chi connectivity index (χ0) is 14.1. The number of piperazine rings is 1. The molecule has 0 aromatic heterocycles. The van der Waals surface area contributed by atoms with Gasteiger partial charge in [0.1, 0.15) is 12.1 Å². The van der Waals surface area contributed by atoms with Crippen molar-refractivity contribution in [1.29, 1.82) is 0 Å². The molecule has 0 unspecified atom stereocenters. The quantitative estimate of drug-likeness (QED) is 0.735. The molecule has 0 saturated carbocycles. The zero-order valence-corrected chi connectivity index (χ0v) is 11.1. The molecule has 0 bridgehead atoms. The summed E-state index contributed by atoms with van der Waals surface area (Å²) in [6, 6.07) is -0.441. The fourth-order valence-corrected chi connectivity index (χ4v) is 2.02. The topological polar surface area (TPSA) is 81.2 Å². The van der Waals surface area contributed by atoms with Gasteiger partial charge in [0.05, 0.1) is 0 Å². The van der Waals surface area contributed by atoms with Gasteiger partial charge in [0.15, 0.2) is 0 Å². The molecule has 1 rings (SSSR count). The number of aliphatic carboxylic acids is 1. The summed E-state index contributed by atoms with van der Waals surface area (Å²) >= 11 is 0. The number of carbonyl (C=O) groups excluding carboxylic acids is 2. The van der Waals surface area contributed by atoms with Gasteiger partial charge in [0, 0.05) is 27.2 Å². The second-order valence-electron chi connectivity index (χ2n) is 4.97. The summed E-state index contributed by atoms with van der Waals surface area (Å²) in [6.07, 6.45) is 0. The van der Waals surface area contributed by atoms with Crippen molar-refractivity contribution < 1.29 is 19.5 Å². The van der Waals surface area contributed by atoms with Crippen molar-refractivity contribution >= 4 is 17.9 Å². The van der Waals surface area contributed by atoms with E-state index in [9.17, 15) is 14.4 Å². The van der Waals surface area contributed by atoms with E-state index in [2.05, 4.69) is 0 Å². The highest BCUT2D eigenvalue weighted by Crippen LogP contribution is 2.22. The lowest BCUT2D eigenvalue weighted by atomic mass is 9.98. The van der Waals surface area contributed by atoms with E-state index in [1.54, 1.807) is 25.8 Å². The molecular formula is C11H19N3O4. The van der Waals surface area contributed by atoms with Crippen LogP contribution < -0.4 is 0 Å². The van der Waals surface area contributed by atoms with E-state index < -0.39 is 17.5 Å². The fraction of sp³-hybridized carbons (Fsp3) is 0.727. The number of likely N-dealkylation sites (N-methyl/N-ethyl adjacent to an activating group) is 2. The highest BCUT2D eigenvalue weighted by molar-refractivity contribution is 5.92. The number of carboxylic acid groups (broad SMARTS) is 1. The molecule has 1 heterocycles. The van der Waals surface area contributed by atoms with Crippen LogP contribution in [0.3, 0.4) is 0 Å². The lowest BCUT2D eigenvalue weighted by Crippen LogP contribution is -2.65. The van der Waals surface area contributed by atoms with Gasteiger partial charge >= 0.3 is 12.0 Å². The monoisotopic (exact) mass is 257 g/mol. The molecule has 18 heavy (non-hydrogen) atoms. The van der Waals surface area contributed by atoms with Crippen LogP contribution >= 0.6 is 0 Å². The van der Waals surface area contributed by atoms with Gasteiger partial charge in [-0.05, 0) is 13.8 Å². The van der Waals surface area contributed by atoms with Gasteiger partial charge in [-0.2, -0.15) is 0 Å². The minimum absolute atomic E-state index is 0.147. The van der Waals surface area contributed by atoms with Gasteiger partial charge in [-0.3, -0.25) is 9.59 Å². The molecule has 3 amide bonds. The van der Waals surface area contributed by atoms with Crippen molar-refractivity contribution in [2.45, 2.75) is 19.4 Å². The molecule has 0 aliphatic carbocycles. The second kappa shape index (κ2) is 4.83. The summed E-state index contributed by atoms with van der Waals surface area (Å²) in [5.74, 6) is -1.23. The van der Waals surface area contributed by atoms with E-state index >= 15 is 0 Å². The Balaban J connectivity index is 2.85. The molecule has 1 aliphatic rings. The van der Waals surface area contributed by atoms with Crippen LogP contribution in [0, 0.1) is 0 Å². The SMILES string of the molecule is CN(CC(=O)O)C(=O)N1CCN(C)C(=O)C1(C)C. The summed E-state index contributed by atoms with van der Waals surface area (Å²) in [5, 5.41) is 8.67. The van der Waals surface area contributed by atoms with Crippen LogP contribution in [0.25, 0.3) is 0 Å². The van der Waals surface area contributed by atoms with Gasteiger partial charge in [-0.1, -0.05) is 0 Å². The number of carbonyl (C=O) groups is 3. The number of urea groups is 1. The van der Waals surface area contributed by atoms with Crippen LogP contribution in [0.2, 0.25) is 0 Å². The van der Waals surface area contributed by atoms with E-state index in [1.165, 1.54) is 11.9 Å². The van der Waals surface area contributed by atoms with Crippen molar-refractivity contribution in [3.8, 4) is 0 Å². The molecule has 7 heteroatoms. The predicted octanol–water partition coefficient (Wildman–Crippen LogP) is -0.325. The van der Waals surface area contributed by atoms with Gasteiger partial charge < -0.3 is 19.8 Å². The van der Waals surface area contributed by atoms with Crippen molar-refractivity contribution in [3.63, 3.8) is 0 Å². The highest BCUT2D eigenvalue weighted by Gasteiger charge is 2.43. The van der Waals surface area contributed by atoms with Gasteiger partial charge in [0.25, 0.3) is 0 Å². The minimum Gasteiger partial charge on any atom is -0.480 e. The normalized spacial score (nSPS) is 18.8. The number of carboxylic acids is 1. The first-order valence-electron chi connectivity index (χ1n) is 5.68. The highest BCUT2D eigenvalue weighted by atomic mass is 16.4. The van der Waals surface area contributed by atoms with E-state index in [0.717, 1.165) is 4.90 Å². The van der Waals surface area contributed by atoms with E-state index in [0.29, 0.717) is 13.1 Å². The molecular weight excluding hydrogens is 238 g/mol. The Morgan fingerprint density at radius 2 is 1.94 bits per heavy atom. The Kier molecular flexibility index (Phi) is 3.83. The first-order valence-corrected chi connectivity index (χ1v) is 5.68. The van der Waals surface area contributed by atoms with Gasteiger partial charge in [-0.25, -0.2) is 4.79 Å². The van der Waals surface area contributed by atoms with Crippen molar-refractivity contribution in [1.82, 2.24) is 14.7 Å².